The van der Waals surface area contributed by atoms with E-state index < -0.39 is 80.7 Å². The Morgan fingerprint density at radius 2 is 0.891 bits per heavy atom. The number of nitrogens with zero attached hydrogens (tertiary/aromatic N) is 1. The standard InChI is InChI=1S/C30H34I6N6O13/c31-19-15(21(33)25(40-13(50)9-46)22(34)16(19)28(53)38-5-11(48)7-44)27(52)37-1-2-42(3-4-43)30(55)18-20(32)17(29(54)39-6-12(49)8-45)23(35)26(24(18)36)41-14(51)10-47/h11-12,43-49H,1-10H2,(H,37,52)(H,38,53)(H,39,54)(H,40,50)(H,41,51). The Labute approximate surface area is 395 Å². The molecule has 0 heterocycles. The molecule has 2 unspecified atom stereocenters. The van der Waals surface area contributed by atoms with Gasteiger partial charge >= 0.3 is 0 Å². The van der Waals surface area contributed by atoms with Crippen molar-refractivity contribution in [2.24, 2.45) is 0 Å². The van der Waals surface area contributed by atoms with Crippen LogP contribution >= 0.6 is 136 Å². The average molecular weight is 1450 g/mol. The highest BCUT2D eigenvalue weighted by molar-refractivity contribution is 14.1. The van der Waals surface area contributed by atoms with E-state index in [-0.39, 0.29) is 87.8 Å². The van der Waals surface area contributed by atoms with Crippen LogP contribution in [0.1, 0.15) is 41.4 Å². The molecule has 55 heavy (non-hydrogen) atoms. The number of amides is 6. The third kappa shape index (κ3) is 13.4. The van der Waals surface area contributed by atoms with Crippen molar-refractivity contribution >= 4 is 182 Å². The number of anilines is 2. The first-order chi connectivity index (χ1) is 25.9. The van der Waals surface area contributed by atoms with E-state index in [1.54, 1.807) is 136 Å². The van der Waals surface area contributed by atoms with Gasteiger partial charge < -0.3 is 67.2 Å². The molecule has 6 amide bonds. The quantitative estimate of drug-likeness (QED) is 0.0769. The molecule has 2 rings (SSSR count). The molecule has 0 aliphatic rings. The molecule has 0 aliphatic carbocycles. The SMILES string of the molecule is O=C(CO)Nc1c(I)c(C(=O)NCCN(CCO)C(=O)c2c(I)c(NC(=O)CO)c(I)c(C(=O)NCC(O)CO)c2I)c(I)c(C(=O)NCC(O)CO)c1I. The number of benzene rings is 2. The number of hydrogen-bond donors (Lipinski definition) is 12. The van der Waals surface area contributed by atoms with Crippen molar-refractivity contribution in [3.05, 3.63) is 43.7 Å². The fourth-order valence-electron chi connectivity index (χ4n) is 4.40. The molecular formula is C30H34I6N6O13. The first-order valence-electron chi connectivity index (χ1n) is 15.5. The zero-order chi connectivity index (χ0) is 41.7. The molecule has 2 aromatic rings. The van der Waals surface area contributed by atoms with Crippen LogP contribution < -0.4 is 26.6 Å². The average Bonchev–Trinajstić information content (AvgIpc) is 3.15. The highest BCUT2D eigenvalue weighted by Gasteiger charge is 2.32. The predicted molar refractivity (Wildman–Crippen MR) is 247 cm³/mol. The Hall–Kier alpha value is -0.640. The number of halogens is 6. The summed E-state index contributed by atoms with van der Waals surface area (Å²) in [4.78, 5) is 80.2. The highest BCUT2D eigenvalue weighted by Crippen LogP contribution is 2.37. The molecule has 0 saturated carbocycles. The molecular weight excluding hydrogens is 1410 g/mol. The summed E-state index contributed by atoms with van der Waals surface area (Å²) < 4.78 is 1.11. The van der Waals surface area contributed by atoms with Gasteiger partial charge in [-0.15, -0.1) is 0 Å². The summed E-state index contributed by atoms with van der Waals surface area (Å²) in [5, 5.41) is 79.0. The second-order valence-electron chi connectivity index (χ2n) is 10.9. The fraction of sp³-hybridized carbons (Fsp3) is 0.400. The number of nitrogens with one attached hydrogen (secondary N) is 5. The Kier molecular flexibility index (Phi) is 22.4. The van der Waals surface area contributed by atoms with Crippen LogP contribution in [0, 0.1) is 21.4 Å². The van der Waals surface area contributed by atoms with Gasteiger partial charge in [-0.25, -0.2) is 0 Å². The molecule has 0 radical (unpaired) electrons. The van der Waals surface area contributed by atoms with Gasteiger partial charge in [-0.3, -0.25) is 28.8 Å². The number of aliphatic hydroxyl groups excluding tert-OH is 7. The smallest absolute Gasteiger partial charge is 0.256 e. The van der Waals surface area contributed by atoms with Crippen molar-refractivity contribution in [3.8, 4) is 0 Å². The summed E-state index contributed by atoms with van der Waals surface area (Å²) in [6.07, 6.45) is -2.55. The van der Waals surface area contributed by atoms with E-state index in [1.165, 1.54) is 4.90 Å². The van der Waals surface area contributed by atoms with E-state index in [0.29, 0.717) is 0 Å². The Balaban J connectivity index is 2.56. The van der Waals surface area contributed by atoms with Gasteiger partial charge in [0.05, 0.1) is 79.9 Å². The molecule has 0 saturated heterocycles. The number of carbonyl (C=O) groups excluding carboxylic acids is 6. The second kappa shape index (κ2) is 24.4. The molecule has 2 aromatic carbocycles. The van der Waals surface area contributed by atoms with E-state index in [1.807, 2.05) is 0 Å². The summed E-state index contributed by atoms with van der Waals surface area (Å²) in [5.74, 6) is -4.60. The van der Waals surface area contributed by atoms with Crippen molar-refractivity contribution < 1.29 is 64.5 Å². The predicted octanol–water partition coefficient (Wildman–Crippen LogP) is -0.794. The maximum Gasteiger partial charge on any atom is 0.256 e. The fourth-order valence-corrected chi connectivity index (χ4v) is 13.2. The van der Waals surface area contributed by atoms with E-state index in [2.05, 4.69) is 26.6 Å². The molecule has 19 nitrogen and oxygen atoms in total. The van der Waals surface area contributed by atoms with Crippen LogP contribution in [-0.2, 0) is 9.59 Å². The van der Waals surface area contributed by atoms with Gasteiger partial charge in [0.15, 0.2) is 0 Å². The highest BCUT2D eigenvalue weighted by atomic mass is 127. The minimum atomic E-state index is -1.28. The molecule has 0 fully saturated rings. The normalized spacial score (nSPS) is 12.0. The monoisotopic (exact) mass is 1450 g/mol. The summed E-state index contributed by atoms with van der Waals surface area (Å²) in [6.45, 7) is -4.90. The van der Waals surface area contributed by atoms with Gasteiger partial charge in [0.25, 0.3) is 23.6 Å². The van der Waals surface area contributed by atoms with Gasteiger partial charge in [-0.1, -0.05) is 0 Å². The van der Waals surface area contributed by atoms with Crippen molar-refractivity contribution in [2.75, 3.05) is 76.4 Å². The summed E-state index contributed by atoms with van der Waals surface area (Å²) in [6, 6.07) is 0. The van der Waals surface area contributed by atoms with Crippen LogP contribution in [0.5, 0.6) is 0 Å². The first-order valence-corrected chi connectivity index (χ1v) is 21.9. The van der Waals surface area contributed by atoms with Crippen LogP contribution in [0.2, 0.25) is 0 Å². The van der Waals surface area contributed by atoms with Crippen molar-refractivity contribution in [2.45, 2.75) is 12.2 Å². The lowest BCUT2D eigenvalue weighted by Gasteiger charge is -2.26. The van der Waals surface area contributed by atoms with Gasteiger partial charge in [-0.05, 0) is 136 Å². The lowest BCUT2D eigenvalue weighted by molar-refractivity contribution is -0.119. The third-order valence-corrected chi connectivity index (χ3v) is 13.6. The van der Waals surface area contributed by atoms with E-state index in [4.69, 9.17) is 5.11 Å². The van der Waals surface area contributed by atoms with E-state index >= 15 is 0 Å². The van der Waals surface area contributed by atoms with Crippen LogP contribution in [0.4, 0.5) is 11.4 Å². The van der Waals surface area contributed by atoms with Crippen molar-refractivity contribution in [3.63, 3.8) is 0 Å². The van der Waals surface area contributed by atoms with Gasteiger partial charge in [0.1, 0.15) is 13.2 Å². The molecule has 0 aromatic heterocycles. The largest absolute Gasteiger partial charge is 0.395 e. The molecule has 0 bridgehead atoms. The molecule has 2 atom stereocenters. The third-order valence-electron chi connectivity index (χ3n) is 7.09. The Bertz CT molecular complexity index is 1800. The minimum Gasteiger partial charge on any atom is -0.395 e. The molecule has 0 spiro atoms. The van der Waals surface area contributed by atoms with Crippen molar-refractivity contribution in [1.29, 1.82) is 0 Å². The Morgan fingerprint density at radius 3 is 1.25 bits per heavy atom. The maximum atomic E-state index is 14.2. The molecule has 0 aliphatic heterocycles. The summed E-state index contributed by atoms with van der Waals surface area (Å²) in [5.41, 5.74) is -0.121. The zero-order valence-corrected chi connectivity index (χ0v) is 41.0. The topological polar surface area (TPSA) is 307 Å². The summed E-state index contributed by atoms with van der Waals surface area (Å²) in [7, 11) is 0. The molecule has 25 heteroatoms. The van der Waals surface area contributed by atoms with Crippen LogP contribution in [0.25, 0.3) is 0 Å². The minimum absolute atomic E-state index is 0.0341. The molecule has 12 N–H and O–H groups in total. The van der Waals surface area contributed by atoms with Gasteiger partial charge in [0.2, 0.25) is 11.8 Å². The number of hydrogen-bond acceptors (Lipinski definition) is 13. The van der Waals surface area contributed by atoms with Crippen molar-refractivity contribution in [1.82, 2.24) is 20.9 Å². The zero-order valence-electron chi connectivity index (χ0n) is 28.0. The summed E-state index contributed by atoms with van der Waals surface area (Å²) >= 11 is 10.7. The van der Waals surface area contributed by atoms with Gasteiger partial charge in [-0.2, -0.15) is 0 Å². The van der Waals surface area contributed by atoms with Crippen LogP contribution in [0.3, 0.4) is 0 Å². The first kappa shape index (κ1) is 50.5. The van der Waals surface area contributed by atoms with Crippen LogP contribution in [0.15, 0.2) is 0 Å². The van der Waals surface area contributed by atoms with Crippen LogP contribution in [-0.4, -0.2) is 154 Å². The number of rotatable bonds is 19. The van der Waals surface area contributed by atoms with E-state index in [0.717, 1.165) is 0 Å². The number of carbonyl (C=O) groups is 6. The Morgan fingerprint density at radius 1 is 0.527 bits per heavy atom. The number of aliphatic hydroxyl groups is 7. The lowest BCUT2D eigenvalue weighted by atomic mass is 10.1. The maximum absolute atomic E-state index is 14.2. The van der Waals surface area contributed by atoms with Gasteiger partial charge in [0, 0.05) is 39.9 Å². The second-order valence-corrected chi connectivity index (χ2v) is 17.4. The lowest BCUT2D eigenvalue weighted by Crippen LogP contribution is -2.41. The van der Waals surface area contributed by atoms with E-state index in [9.17, 15) is 59.4 Å². The molecule has 304 valence electrons.